The fourth-order valence-electron chi connectivity index (χ4n) is 0.529. The van der Waals surface area contributed by atoms with Gasteiger partial charge in [0.2, 0.25) is 4.33 Å². The SMILES string of the molecule is CN1SCC(Cl)(Cl)C1=O. The molecule has 1 heterocycles. The first-order valence-corrected chi connectivity index (χ1v) is 4.03. The number of amides is 1. The molecule has 1 saturated heterocycles. The van der Waals surface area contributed by atoms with Crippen molar-refractivity contribution in [1.29, 1.82) is 0 Å². The second kappa shape index (κ2) is 2.22. The Morgan fingerprint density at radius 3 is 2.44 bits per heavy atom. The summed E-state index contributed by atoms with van der Waals surface area (Å²) in [6.07, 6.45) is 0. The maximum Gasteiger partial charge on any atom is 0.269 e. The van der Waals surface area contributed by atoms with E-state index in [1.54, 1.807) is 7.05 Å². The quantitative estimate of drug-likeness (QED) is 0.419. The molecule has 0 aromatic rings. The summed E-state index contributed by atoms with van der Waals surface area (Å²) in [6, 6.07) is 0. The van der Waals surface area contributed by atoms with Crippen molar-refractivity contribution >= 4 is 41.1 Å². The fraction of sp³-hybridized carbons (Fsp3) is 0.750. The molecule has 0 saturated carbocycles. The molecule has 0 aromatic carbocycles. The van der Waals surface area contributed by atoms with E-state index in [0.717, 1.165) is 0 Å². The lowest BCUT2D eigenvalue weighted by Crippen LogP contribution is -2.28. The van der Waals surface area contributed by atoms with Crippen LogP contribution in [-0.4, -0.2) is 27.3 Å². The van der Waals surface area contributed by atoms with E-state index in [1.807, 2.05) is 0 Å². The van der Waals surface area contributed by atoms with Gasteiger partial charge in [-0.15, -0.1) is 0 Å². The summed E-state index contributed by atoms with van der Waals surface area (Å²) < 4.78 is 0.263. The van der Waals surface area contributed by atoms with E-state index in [1.165, 1.54) is 16.3 Å². The van der Waals surface area contributed by atoms with Crippen LogP contribution < -0.4 is 0 Å². The molecule has 0 unspecified atom stereocenters. The van der Waals surface area contributed by atoms with E-state index >= 15 is 0 Å². The lowest BCUT2D eigenvalue weighted by Gasteiger charge is -2.07. The molecular weight excluding hydrogens is 181 g/mol. The molecule has 0 radical (unpaired) electrons. The van der Waals surface area contributed by atoms with Crippen LogP contribution in [0.1, 0.15) is 0 Å². The van der Waals surface area contributed by atoms with Crippen molar-refractivity contribution in [2.75, 3.05) is 12.8 Å². The van der Waals surface area contributed by atoms with E-state index in [2.05, 4.69) is 0 Å². The summed E-state index contributed by atoms with van der Waals surface area (Å²) in [4.78, 5) is 10.9. The molecule has 1 aliphatic rings. The van der Waals surface area contributed by atoms with Crippen molar-refractivity contribution < 1.29 is 4.79 Å². The van der Waals surface area contributed by atoms with Crippen LogP contribution in [0.5, 0.6) is 0 Å². The molecule has 1 aliphatic heterocycles. The van der Waals surface area contributed by atoms with Crippen LogP contribution >= 0.6 is 35.1 Å². The summed E-state index contributed by atoms with van der Waals surface area (Å²) in [5, 5.41) is 0. The number of alkyl halides is 2. The van der Waals surface area contributed by atoms with Gasteiger partial charge in [0, 0.05) is 7.05 Å². The molecule has 5 heteroatoms. The van der Waals surface area contributed by atoms with Crippen LogP contribution in [0, 0.1) is 0 Å². The Morgan fingerprint density at radius 2 is 2.33 bits per heavy atom. The average Bonchev–Trinajstić information content (AvgIpc) is 1.97. The molecule has 1 rings (SSSR count). The van der Waals surface area contributed by atoms with Crippen molar-refractivity contribution in [3.8, 4) is 0 Å². The van der Waals surface area contributed by atoms with Gasteiger partial charge in [0.1, 0.15) is 0 Å². The molecular formula is C4H5Cl2NOS. The normalized spacial score (nSPS) is 25.2. The molecule has 0 atom stereocenters. The Kier molecular flexibility index (Phi) is 1.85. The van der Waals surface area contributed by atoms with Gasteiger partial charge in [-0.05, 0) is 11.9 Å². The number of nitrogens with zero attached hydrogens (tertiary/aromatic N) is 1. The van der Waals surface area contributed by atoms with Gasteiger partial charge in [-0.1, -0.05) is 23.2 Å². The number of hydrogen-bond donors (Lipinski definition) is 0. The van der Waals surface area contributed by atoms with E-state index in [9.17, 15) is 4.79 Å². The average molecular weight is 186 g/mol. The van der Waals surface area contributed by atoms with E-state index in [4.69, 9.17) is 23.2 Å². The number of carbonyl (C=O) groups excluding carboxylic acids is 1. The summed E-state index contributed by atoms with van der Waals surface area (Å²) in [6.45, 7) is 0. The predicted octanol–water partition coefficient (Wildman–Crippen LogP) is 1.28. The molecule has 0 N–H and O–H groups in total. The minimum absolute atomic E-state index is 0.226. The van der Waals surface area contributed by atoms with Gasteiger partial charge in [0.25, 0.3) is 5.91 Å². The van der Waals surface area contributed by atoms with Gasteiger partial charge in [-0.3, -0.25) is 9.10 Å². The first kappa shape index (κ1) is 7.51. The highest BCUT2D eigenvalue weighted by Crippen LogP contribution is 2.36. The first-order valence-electron chi connectivity index (χ1n) is 2.33. The number of carbonyl (C=O) groups is 1. The van der Waals surface area contributed by atoms with E-state index in [-0.39, 0.29) is 5.91 Å². The lowest BCUT2D eigenvalue weighted by molar-refractivity contribution is -0.124. The van der Waals surface area contributed by atoms with Crippen LogP contribution in [0.25, 0.3) is 0 Å². The second-order valence-electron chi connectivity index (χ2n) is 1.78. The zero-order valence-corrected chi connectivity index (χ0v) is 7.06. The van der Waals surface area contributed by atoms with Crippen LogP contribution in [0.4, 0.5) is 0 Å². The molecule has 0 spiro atoms. The highest BCUT2D eigenvalue weighted by atomic mass is 35.5. The molecule has 0 aliphatic carbocycles. The number of rotatable bonds is 0. The Labute approximate surface area is 67.6 Å². The van der Waals surface area contributed by atoms with Crippen molar-refractivity contribution in [2.24, 2.45) is 0 Å². The molecule has 1 amide bonds. The van der Waals surface area contributed by atoms with E-state index < -0.39 is 4.33 Å². The second-order valence-corrected chi connectivity index (χ2v) is 4.36. The Morgan fingerprint density at radius 1 is 1.78 bits per heavy atom. The summed E-state index contributed by atoms with van der Waals surface area (Å²) in [5.74, 6) is 0.224. The molecule has 0 bridgehead atoms. The van der Waals surface area contributed by atoms with Crippen LogP contribution in [0.2, 0.25) is 0 Å². The summed E-state index contributed by atoms with van der Waals surface area (Å²) >= 11 is 12.5. The molecule has 52 valence electrons. The van der Waals surface area contributed by atoms with Crippen LogP contribution in [0.15, 0.2) is 0 Å². The Hall–Kier alpha value is 0.400. The van der Waals surface area contributed by atoms with Gasteiger partial charge in [0.15, 0.2) is 0 Å². The molecule has 9 heavy (non-hydrogen) atoms. The van der Waals surface area contributed by atoms with Gasteiger partial charge < -0.3 is 0 Å². The van der Waals surface area contributed by atoms with Gasteiger partial charge >= 0.3 is 0 Å². The van der Waals surface area contributed by atoms with Gasteiger partial charge in [0.05, 0.1) is 5.75 Å². The highest BCUT2D eigenvalue weighted by molar-refractivity contribution is 7.98. The monoisotopic (exact) mass is 185 g/mol. The largest absolute Gasteiger partial charge is 0.287 e. The number of hydrogen-bond acceptors (Lipinski definition) is 2. The summed E-state index contributed by atoms with van der Waals surface area (Å²) in [7, 11) is 1.65. The highest BCUT2D eigenvalue weighted by Gasteiger charge is 2.42. The van der Waals surface area contributed by atoms with Gasteiger partial charge in [-0.2, -0.15) is 0 Å². The van der Waals surface area contributed by atoms with Crippen molar-refractivity contribution in [1.82, 2.24) is 4.31 Å². The Bertz CT molecular complexity index is 150. The Balaban J connectivity index is 2.74. The third-order valence-corrected chi connectivity index (χ3v) is 3.06. The first-order chi connectivity index (χ1) is 4.04. The molecule has 2 nitrogen and oxygen atoms in total. The maximum absolute atomic E-state index is 10.9. The summed E-state index contributed by atoms with van der Waals surface area (Å²) in [5.41, 5.74) is 0. The fourth-order valence-corrected chi connectivity index (χ4v) is 1.93. The van der Waals surface area contributed by atoms with Gasteiger partial charge in [-0.25, -0.2) is 0 Å². The van der Waals surface area contributed by atoms with E-state index in [0.29, 0.717) is 5.75 Å². The molecule has 1 fully saturated rings. The lowest BCUT2D eigenvalue weighted by atomic mass is 10.4. The number of halogens is 2. The van der Waals surface area contributed by atoms with Crippen molar-refractivity contribution in [3.05, 3.63) is 0 Å². The zero-order chi connectivity index (χ0) is 7.07. The zero-order valence-electron chi connectivity index (χ0n) is 4.73. The maximum atomic E-state index is 10.9. The topological polar surface area (TPSA) is 20.3 Å². The minimum Gasteiger partial charge on any atom is -0.287 e. The third-order valence-electron chi connectivity index (χ3n) is 1.04. The minimum atomic E-state index is -1.18. The van der Waals surface area contributed by atoms with Crippen molar-refractivity contribution in [3.63, 3.8) is 0 Å². The predicted molar refractivity (Wildman–Crippen MR) is 39.7 cm³/mol. The van der Waals surface area contributed by atoms with Crippen LogP contribution in [0.3, 0.4) is 0 Å². The van der Waals surface area contributed by atoms with Crippen molar-refractivity contribution in [2.45, 2.75) is 4.33 Å². The third kappa shape index (κ3) is 1.28. The van der Waals surface area contributed by atoms with Crippen LogP contribution in [-0.2, 0) is 4.79 Å². The smallest absolute Gasteiger partial charge is 0.269 e. The standard InChI is InChI=1S/C4H5Cl2NOS/c1-7-3(8)4(5,6)2-9-7/h2H2,1H3. The molecule has 0 aromatic heterocycles.